The first kappa shape index (κ1) is 14.2. The standard InChI is InChI=1S/C15H10F3N3O/c1-8-3-2-4-10-12(8)20-14(21-13(10)22)15(17,18)11-6-5-9(16)7-19-11/h2-7H,1H3,(H,20,21,22). The summed E-state index contributed by atoms with van der Waals surface area (Å²) in [6.45, 7) is 1.67. The minimum atomic E-state index is -3.64. The molecular formula is C15H10F3N3O. The van der Waals surface area contributed by atoms with E-state index in [-0.39, 0.29) is 10.9 Å². The number of aromatic nitrogens is 3. The van der Waals surface area contributed by atoms with Crippen molar-refractivity contribution in [3.8, 4) is 0 Å². The number of nitrogens with zero attached hydrogens (tertiary/aromatic N) is 2. The molecule has 0 bridgehead atoms. The summed E-state index contributed by atoms with van der Waals surface area (Å²) in [5.74, 6) is -5.18. The molecule has 3 rings (SSSR count). The van der Waals surface area contributed by atoms with Gasteiger partial charge in [0.1, 0.15) is 11.5 Å². The van der Waals surface area contributed by atoms with Crippen LogP contribution in [-0.4, -0.2) is 15.0 Å². The molecule has 22 heavy (non-hydrogen) atoms. The molecule has 0 aliphatic rings. The Balaban J connectivity index is 2.23. The fourth-order valence-electron chi connectivity index (χ4n) is 2.14. The van der Waals surface area contributed by atoms with E-state index in [9.17, 15) is 18.0 Å². The zero-order valence-corrected chi connectivity index (χ0v) is 11.4. The van der Waals surface area contributed by atoms with Crippen LogP contribution >= 0.6 is 0 Å². The molecule has 0 saturated heterocycles. The van der Waals surface area contributed by atoms with Gasteiger partial charge in [-0.1, -0.05) is 12.1 Å². The maximum atomic E-state index is 14.4. The second kappa shape index (κ2) is 4.94. The molecule has 7 heteroatoms. The van der Waals surface area contributed by atoms with Crippen LogP contribution in [0.3, 0.4) is 0 Å². The summed E-state index contributed by atoms with van der Waals surface area (Å²) in [5, 5.41) is 0.228. The van der Waals surface area contributed by atoms with E-state index in [1.54, 1.807) is 19.1 Å². The normalized spacial score (nSPS) is 11.8. The van der Waals surface area contributed by atoms with E-state index in [1.807, 2.05) is 0 Å². The first-order chi connectivity index (χ1) is 10.4. The number of halogens is 3. The number of benzene rings is 1. The number of hydrogen-bond acceptors (Lipinski definition) is 3. The van der Waals surface area contributed by atoms with Crippen molar-refractivity contribution in [3.05, 3.63) is 69.8 Å². The van der Waals surface area contributed by atoms with Crippen molar-refractivity contribution in [1.29, 1.82) is 0 Å². The zero-order chi connectivity index (χ0) is 15.9. The van der Waals surface area contributed by atoms with Crippen molar-refractivity contribution in [3.63, 3.8) is 0 Å². The molecule has 0 aliphatic carbocycles. The lowest BCUT2D eigenvalue weighted by atomic mass is 10.1. The first-order valence-corrected chi connectivity index (χ1v) is 6.39. The molecule has 0 radical (unpaired) electrons. The summed E-state index contributed by atoms with van der Waals surface area (Å²) >= 11 is 0. The highest BCUT2D eigenvalue weighted by Gasteiger charge is 2.39. The van der Waals surface area contributed by atoms with Gasteiger partial charge < -0.3 is 4.98 Å². The Morgan fingerprint density at radius 1 is 1.18 bits per heavy atom. The molecule has 0 atom stereocenters. The number of hydrogen-bond donors (Lipinski definition) is 1. The Labute approximate surface area is 122 Å². The third-order valence-corrected chi connectivity index (χ3v) is 3.28. The monoisotopic (exact) mass is 305 g/mol. The number of para-hydroxylation sites is 1. The van der Waals surface area contributed by atoms with E-state index in [4.69, 9.17) is 0 Å². The Morgan fingerprint density at radius 2 is 1.95 bits per heavy atom. The van der Waals surface area contributed by atoms with Crippen LogP contribution in [0.5, 0.6) is 0 Å². The Hall–Kier alpha value is -2.70. The predicted molar refractivity (Wildman–Crippen MR) is 74.3 cm³/mol. The maximum absolute atomic E-state index is 14.4. The average molecular weight is 305 g/mol. The summed E-state index contributed by atoms with van der Waals surface area (Å²) in [6, 6.07) is 6.56. The second-order valence-electron chi connectivity index (χ2n) is 4.82. The average Bonchev–Trinajstić information content (AvgIpc) is 2.48. The van der Waals surface area contributed by atoms with Gasteiger partial charge in [-0.3, -0.25) is 9.78 Å². The third-order valence-electron chi connectivity index (χ3n) is 3.28. The van der Waals surface area contributed by atoms with Gasteiger partial charge in [0.05, 0.1) is 17.1 Å². The van der Waals surface area contributed by atoms with Crippen LogP contribution < -0.4 is 5.56 Å². The summed E-state index contributed by atoms with van der Waals surface area (Å²) in [5.41, 5.74) is -0.550. The van der Waals surface area contributed by atoms with Crippen LogP contribution in [0.1, 0.15) is 17.1 Å². The fraction of sp³-hybridized carbons (Fsp3) is 0.133. The van der Waals surface area contributed by atoms with Gasteiger partial charge in [-0.05, 0) is 30.7 Å². The van der Waals surface area contributed by atoms with Gasteiger partial charge in [-0.15, -0.1) is 0 Å². The largest absolute Gasteiger partial charge is 0.346 e. The highest BCUT2D eigenvalue weighted by Crippen LogP contribution is 2.32. The molecule has 3 aromatic rings. The Morgan fingerprint density at radius 3 is 2.64 bits per heavy atom. The fourth-order valence-corrected chi connectivity index (χ4v) is 2.14. The lowest BCUT2D eigenvalue weighted by Gasteiger charge is -2.15. The molecule has 1 aromatic carbocycles. The SMILES string of the molecule is Cc1cccc2c(=O)[nH]c(C(F)(F)c3ccc(F)cn3)nc12. The van der Waals surface area contributed by atoms with Gasteiger partial charge in [0.15, 0.2) is 5.82 Å². The van der Waals surface area contributed by atoms with Crippen LogP contribution in [0.25, 0.3) is 10.9 Å². The third kappa shape index (κ3) is 2.24. The molecule has 0 amide bonds. The minimum absolute atomic E-state index is 0.197. The number of pyridine rings is 1. The molecule has 0 unspecified atom stereocenters. The van der Waals surface area contributed by atoms with E-state index >= 15 is 0 Å². The maximum Gasteiger partial charge on any atom is 0.346 e. The van der Waals surface area contributed by atoms with E-state index in [1.165, 1.54) is 6.07 Å². The lowest BCUT2D eigenvalue weighted by molar-refractivity contribution is 0.0281. The molecule has 0 saturated carbocycles. The van der Waals surface area contributed by atoms with E-state index in [2.05, 4.69) is 15.0 Å². The Bertz CT molecular complexity index is 904. The van der Waals surface area contributed by atoms with Crippen molar-refractivity contribution in [1.82, 2.24) is 15.0 Å². The highest BCUT2D eigenvalue weighted by atomic mass is 19.3. The number of aromatic amines is 1. The molecular weight excluding hydrogens is 295 g/mol. The van der Waals surface area contributed by atoms with Gasteiger partial charge >= 0.3 is 5.92 Å². The zero-order valence-electron chi connectivity index (χ0n) is 11.4. The molecule has 0 aliphatic heterocycles. The molecule has 0 spiro atoms. The summed E-state index contributed by atoms with van der Waals surface area (Å²) in [4.78, 5) is 21.3. The van der Waals surface area contributed by atoms with Crippen molar-refractivity contribution in [2.24, 2.45) is 0 Å². The highest BCUT2D eigenvalue weighted by molar-refractivity contribution is 5.80. The second-order valence-corrected chi connectivity index (χ2v) is 4.82. The Kier molecular flexibility index (Phi) is 3.20. The number of nitrogens with one attached hydrogen (secondary N) is 1. The molecule has 2 aromatic heterocycles. The predicted octanol–water partition coefficient (Wildman–Crippen LogP) is 2.91. The lowest BCUT2D eigenvalue weighted by Crippen LogP contribution is -2.25. The quantitative estimate of drug-likeness (QED) is 0.792. The van der Waals surface area contributed by atoms with Gasteiger partial charge in [-0.25, -0.2) is 9.37 Å². The summed E-state index contributed by atoms with van der Waals surface area (Å²) in [7, 11) is 0. The summed E-state index contributed by atoms with van der Waals surface area (Å²) in [6.07, 6.45) is 0.688. The van der Waals surface area contributed by atoms with Crippen molar-refractivity contribution < 1.29 is 13.2 Å². The van der Waals surface area contributed by atoms with Gasteiger partial charge in [0.25, 0.3) is 5.56 Å². The molecule has 112 valence electrons. The number of alkyl halides is 2. The van der Waals surface area contributed by atoms with Crippen LogP contribution in [-0.2, 0) is 5.92 Å². The van der Waals surface area contributed by atoms with Crippen LogP contribution in [0.4, 0.5) is 13.2 Å². The smallest absolute Gasteiger partial charge is 0.305 e. The van der Waals surface area contributed by atoms with Gasteiger partial charge in [-0.2, -0.15) is 8.78 Å². The van der Waals surface area contributed by atoms with Gasteiger partial charge in [0, 0.05) is 0 Å². The summed E-state index contributed by atoms with van der Waals surface area (Å²) < 4.78 is 41.7. The molecule has 4 nitrogen and oxygen atoms in total. The number of H-pyrrole nitrogens is 1. The number of rotatable bonds is 2. The van der Waals surface area contributed by atoms with Crippen molar-refractivity contribution in [2.75, 3.05) is 0 Å². The molecule has 0 fully saturated rings. The van der Waals surface area contributed by atoms with E-state index in [0.29, 0.717) is 11.8 Å². The van der Waals surface area contributed by atoms with Crippen molar-refractivity contribution >= 4 is 10.9 Å². The molecule has 2 heterocycles. The van der Waals surface area contributed by atoms with E-state index < -0.39 is 28.8 Å². The van der Waals surface area contributed by atoms with Crippen LogP contribution in [0.2, 0.25) is 0 Å². The van der Waals surface area contributed by atoms with Gasteiger partial charge in [0.2, 0.25) is 0 Å². The van der Waals surface area contributed by atoms with Crippen LogP contribution in [0, 0.1) is 12.7 Å². The van der Waals surface area contributed by atoms with E-state index in [0.717, 1.165) is 12.1 Å². The topological polar surface area (TPSA) is 58.6 Å². The first-order valence-electron chi connectivity index (χ1n) is 6.39. The van der Waals surface area contributed by atoms with Crippen LogP contribution in [0.15, 0.2) is 41.3 Å². The minimum Gasteiger partial charge on any atom is -0.305 e. The number of fused-ring (bicyclic) bond motifs is 1. The molecule has 1 N–H and O–H groups in total. The van der Waals surface area contributed by atoms with Crippen molar-refractivity contribution in [2.45, 2.75) is 12.8 Å². The number of aryl methyl sites for hydroxylation is 1.